The van der Waals surface area contributed by atoms with Gasteiger partial charge in [0.05, 0.1) is 5.75 Å². The molecule has 0 aromatic heterocycles. The van der Waals surface area contributed by atoms with Gasteiger partial charge in [-0.1, -0.05) is 27.2 Å². The van der Waals surface area contributed by atoms with Crippen molar-refractivity contribution in [2.75, 3.05) is 5.75 Å². The van der Waals surface area contributed by atoms with Crippen molar-refractivity contribution in [3.63, 3.8) is 0 Å². The van der Waals surface area contributed by atoms with Gasteiger partial charge in [-0.25, -0.2) is 8.42 Å². The molecule has 0 aliphatic heterocycles. The van der Waals surface area contributed by atoms with Crippen molar-refractivity contribution in [3.8, 4) is 0 Å². The van der Waals surface area contributed by atoms with Crippen LogP contribution in [0.4, 0.5) is 0 Å². The molecule has 0 bridgehead atoms. The first-order chi connectivity index (χ1) is 9.21. The predicted octanol–water partition coefficient (Wildman–Crippen LogP) is 2.38. The highest BCUT2D eigenvalue weighted by molar-refractivity contribution is 7.89. The van der Waals surface area contributed by atoms with E-state index in [1.807, 2.05) is 13.8 Å². The molecule has 0 heterocycles. The highest BCUT2D eigenvalue weighted by Crippen LogP contribution is 2.34. The quantitative estimate of drug-likeness (QED) is 0.756. The third-order valence-electron chi connectivity index (χ3n) is 4.26. The van der Waals surface area contributed by atoms with Crippen LogP contribution in [0.1, 0.15) is 59.3 Å². The summed E-state index contributed by atoms with van der Waals surface area (Å²) < 4.78 is 26.7. The second-order valence-electron chi connectivity index (χ2n) is 6.34. The Bertz CT molecular complexity index is 422. The molecule has 6 heteroatoms. The zero-order valence-electron chi connectivity index (χ0n) is 12.7. The Balaban J connectivity index is 2.76. The van der Waals surface area contributed by atoms with Crippen LogP contribution in [0.2, 0.25) is 0 Å². The van der Waals surface area contributed by atoms with Gasteiger partial charge in [0, 0.05) is 0 Å². The Labute approximate surface area is 122 Å². The summed E-state index contributed by atoms with van der Waals surface area (Å²) in [5, 5.41) is 9.46. The number of rotatable bonds is 7. The van der Waals surface area contributed by atoms with Crippen molar-refractivity contribution in [3.05, 3.63) is 0 Å². The predicted molar refractivity (Wildman–Crippen MR) is 79.0 cm³/mol. The fourth-order valence-corrected chi connectivity index (χ4v) is 4.45. The summed E-state index contributed by atoms with van der Waals surface area (Å²) in [7, 11) is -3.53. The van der Waals surface area contributed by atoms with Gasteiger partial charge < -0.3 is 5.11 Å². The van der Waals surface area contributed by atoms with Crippen LogP contribution in [-0.4, -0.2) is 30.8 Å². The van der Waals surface area contributed by atoms with Gasteiger partial charge in [-0.3, -0.25) is 4.79 Å². The van der Waals surface area contributed by atoms with Crippen molar-refractivity contribution >= 4 is 16.0 Å². The second kappa shape index (κ2) is 6.89. The second-order valence-corrected chi connectivity index (χ2v) is 8.18. The van der Waals surface area contributed by atoms with Gasteiger partial charge >= 0.3 is 5.97 Å². The summed E-state index contributed by atoms with van der Waals surface area (Å²) in [6, 6.07) is 0. The number of sulfonamides is 1. The van der Waals surface area contributed by atoms with Gasteiger partial charge in [-0.15, -0.1) is 0 Å². The maximum absolute atomic E-state index is 12.1. The summed E-state index contributed by atoms with van der Waals surface area (Å²) in [6.45, 7) is 6.00. The minimum Gasteiger partial charge on any atom is -0.480 e. The molecule has 0 saturated heterocycles. The molecule has 1 fully saturated rings. The third-order valence-corrected chi connectivity index (χ3v) is 5.74. The van der Waals surface area contributed by atoms with E-state index in [0.29, 0.717) is 25.2 Å². The van der Waals surface area contributed by atoms with Crippen molar-refractivity contribution in [2.45, 2.75) is 64.8 Å². The monoisotopic (exact) mass is 305 g/mol. The van der Waals surface area contributed by atoms with Gasteiger partial charge in [-0.05, 0) is 43.9 Å². The molecule has 0 aromatic rings. The molecule has 0 spiro atoms. The van der Waals surface area contributed by atoms with E-state index in [-0.39, 0.29) is 11.7 Å². The number of nitrogens with one attached hydrogen (secondary N) is 1. The lowest BCUT2D eigenvalue weighted by Crippen LogP contribution is -2.56. The van der Waals surface area contributed by atoms with Crippen LogP contribution in [0.5, 0.6) is 0 Å². The van der Waals surface area contributed by atoms with Crippen molar-refractivity contribution in [1.82, 2.24) is 4.72 Å². The molecule has 1 aliphatic carbocycles. The lowest BCUT2D eigenvalue weighted by atomic mass is 9.76. The fourth-order valence-electron chi connectivity index (χ4n) is 2.68. The van der Waals surface area contributed by atoms with E-state index in [1.54, 1.807) is 0 Å². The van der Waals surface area contributed by atoms with Crippen LogP contribution >= 0.6 is 0 Å². The SMILES string of the molecule is CCC1CCC(NS(=O)(=O)CCC(C)C)(C(=O)O)CC1. The Kier molecular flexibility index (Phi) is 6.01. The number of aliphatic carboxylic acids is 1. The lowest BCUT2D eigenvalue weighted by Gasteiger charge is -2.36. The molecule has 0 atom stereocenters. The highest BCUT2D eigenvalue weighted by Gasteiger charge is 2.44. The topological polar surface area (TPSA) is 83.5 Å². The summed E-state index contributed by atoms with van der Waals surface area (Å²) in [6.07, 6.45) is 3.90. The maximum atomic E-state index is 12.1. The Morgan fingerprint density at radius 1 is 1.35 bits per heavy atom. The van der Waals surface area contributed by atoms with Crippen LogP contribution in [0.3, 0.4) is 0 Å². The smallest absolute Gasteiger partial charge is 0.324 e. The van der Waals surface area contributed by atoms with Crippen molar-refractivity contribution in [2.24, 2.45) is 11.8 Å². The molecule has 0 amide bonds. The number of carboxylic acids is 1. The number of carbonyl (C=O) groups is 1. The summed E-state index contributed by atoms with van der Waals surface area (Å²) in [5.41, 5.74) is -1.29. The van der Waals surface area contributed by atoms with E-state index in [1.165, 1.54) is 0 Å². The first-order valence-electron chi connectivity index (χ1n) is 7.46. The van der Waals surface area contributed by atoms with Gasteiger partial charge in [0.1, 0.15) is 5.54 Å². The highest BCUT2D eigenvalue weighted by atomic mass is 32.2. The molecule has 20 heavy (non-hydrogen) atoms. The molecule has 0 unspecified atom stereocenters. The van der Waals surface area contributed by atoms with E-state index in [9.17, 15) is 18.3 Å². The Morgan fingerprint density at radius 3 is 2.30 bits per heavy atom. The van der Waals surface area contributed by atoms with Crippen molar-refractivity contribution in [1.29, 1.82) is 0 Å². The zero-order valence-corrected chi connectivity index (χ0v) is 13.5. The molecular weight excluding hydrogens is 278 g/mol. The summed E-state index contributed by atoms with van der Waals surface area (Å²) >= 11 is 0. The van der Waals surface area contributed by atoms with E-state index in [2.05, 4.69) is 11.6 Å². The molecule has 118 valence electrons. The molecular formula is C14H27NO4S. The standard InChI is InChI=1S/C14H27NO4S/c1-4-12-5-8-14(9-6-12,13(16)17)15-20(18,19)10-7-11(2)3/h11-12,15H,4-10H2,1-3H3,(H,16,17). The van der Waals surface area contributed by atoms with Gasteiger partial charge in [0.2, 0.25) is 10.0 Å². The number of hydrogen-bond donors (Lipinski definition) is 2. The van der Waals surface area contributed by atoms with Crippen LogP contribution in [0.15, 0.2) is 0 Å². The average Bonchev–Trinajstić information content (AvgIpc) is 2.37. The summed E-state index contributed by atoms with van der Waals surface area (Å²) in [4.78, 5) is 11.6. The minimum absolute atomic E-state index is 0.00307. The van der Waals surface area contributed by atoms with Crippen LogP contribution in [0.25, 0.3) is 0 Å². The zero-order chi connectivity index (χ0) is 15.4. The summed E-state index contributed by atoms with van der Waals surface area (Å²) in [5.74, 6) is -0.248. The molecule has 0 radical (unpaired) electrons. The van der Waals surface area contributed by atoms with E-state index < -0.39 is 21.5 Å². The normalized spacial score (nSPS) is 27.7. The average molecular weight is 305 g/mol. The largest absolute Gasteiger partial charge is 0.480 e. The first kappa shape index (κ1) is 17.4. The van der Waals surface area contributed by atoms with Crippen LogP contribution in [0, 0.1) is 11.8 Å². The number of carboxylic acid groups (broad SMARTS) is 1. The maximum Gasteiger partial charge on any atom is 0.324 e. The lowest BCUT2D eigenvalue weighted by molar-refractivity contribution is -0.145. The third kappa shape index (κ3) is 4.74. The Hall–Kier alpha value is -0.620. The van der Waals surface area contributed by atoms with Crippen molar-refractivity contribution < 1.29 is 18.3 Å². The van der Waals surface area contributed by atoms with Crippen LogP contribution in [-0.2, 0) is 14.8 Å². The number of hydrogen-bond acceptors (Lipinski definition) is 3. The molecule has 1 rings (SSSR count). The minimum atomic E-state index is -3.53. The van der Waals surface area contributed by atoms with E-state index in [4.69, 9.17) is 0 Å². The van der Waals surface area contributed by atoms with E-state index in [0.717, 1.165) is 19.3 Å². The van der Waals surface area contributed by atoms with Gasteiger partial charge in [-0.2, -0.15) is 4.72 Å². The van der Waals surface area contributed by atoms with E-state index >= 15 is 0 Å². The molecule has 5 nitrogen and oxygen atoms in total. The molecule has 1 aliphatic rings. The molecule has 0 aromatic carbocycles. The van der Waals surface area contributed by atoms with Crippen LogP contribution < -0.4 is 4.72 Å². The molecule has 2 N–H and O–H groups in total. The molecule has 1 saturated carbocycles. The Morgan fingerprint density at radius 2 is 1.90 bits per heavy atom. The van der Waals surface area contributed by atoms with Gasteiger partial charge in [0.25, 0.3) is 0 Å². The fraction of sp³-hybridized carbons (Fsp3) is 0.929. The first-order valence-corrected chi connectivity index (χ1v) is 9.11. The van der Waals surface area contributed by atoms with Gasteiger partial charge in [0.15, 0.2) is 0 Å².